The fourth-order valence-electron chi connectivity index (χ4n) is 3.52. The Morgan fingerprint density at radius 3 is 2.82 bits per heavy atom. The molecule has 0 atom stereocenters. The van der Waals surface area contributed by atoms with Gasteiger partial charge in [0.25, 0.3) is 0 Å². The standard InChI is InChI=1S/C19H18BrN7S/c1-2-10-5-13-15(16(10)20)18(27-8-11(21)9-27)26-19(25-13)28-12-6-14-17(24-7-12)23-4-3-22-14/h3-4,6-7,11H,2,5,8-9,21H2,1H3. The average molecular weight is 456 g/mol. The van der Waals surface area contributed by atoms with Crippen LogP contribution in [0.15, 0.2) is 40.3 Å². The number of fused-ring (bicyclic) bond motifs is 2. The van der Waals surface area contributed by atoms with Gasteiger partial charge in [0.1, 0.15) is 11.3 Å². The topological polar surface area (TPSA) is 93.7 Å². The van der Waals surface area contributed by atoms with Crippen LogP contribution in [0.3, 0.4) is 0 Å². The van der Waals surface area contributed by atoms with Gasteiger partial charge in [0, 0.05) is 53.5 Å². The zero-order valence-corrected chi connectivity index (χ0v) is 17.7. The highest BCUT2D eigenvalue weighted by Gasteiger charge is 2.32. The molecule has 4 heterocycles. The Bertz CT molecular complexity index is 1110. The lowest BCUT2D eigenvalue weighted by molar-refractivity contribution is 0.511. The van der Waals surface area contributed by atoms with E-state index >= 15 is 0 Å². The normalized spacial score (nSPS) is 16.6. The van der Waals surface area contributed by atoms with Crippen molar-refractivity contribution in [3.8, 4) is 0 Å². The first kappa shape index (κ1) is 18.0. The molecule has 0 saturated carbocycles. The fraction of sp³-hybridized carbons (Fsp3) is 0.316. The van der Waals surface area contributed by atoms with Gasteiger partial charge in [-0.2, -0.15) is 0 Å². The lowest BCUT2D eigenvalue weighted by Gasteiger charge is -2.38. The Kier molecular flexibility index (Phi) is 4.53. The van der Waals surface area contributed by atoms with E-state index in [-0.39, 0.29) is 6.04 Å². The molecule has 5 rings (SSSR count). The summed E-state index contributed by atoms with van der Waals surface area (Å²) in [5, 5.41) is 0.719. The lowest BCUT2D eigenvalue weighted by atomic mass is 10.1. The number of hydrogen-bond acceptors (Lipinski definition) is 8. The minimum atomic E-state index is 0.208. The van der Waals surface area contributed by atoms with Crippen LogP contribution in [0.4, 0.5) is 5.82 Å². The molecule has 1 saturated heterocycles. The summed E-state index contributed by atoms with van der Waals surface area (Å²) in [7, 11) is 0. The zero-order chi connectivity index (χ0) is 19.3. The minimum absolute atomic E-state index is 0.208. The van der Waals surface area contributed by atoms with Gasteiger partial charge in [-0.05, 0) is 29.8 Å². The Balaban J connectivity index is 1.53. The van der Waals surface area contributed by atoms with Gasteiger partial charge >= 0.3 is 0 Å². The summed E-state index contributed by atoms with van der Waals surface area (Å²) in [4.78, 5) is 25.9. The highest BCUT2D eigenvalue weighted by Crippen LogP contribution is 2.44. The third-order valence-corrected chi connectivity index (χ3v) is 6.78. The molecule has 3 aromatic rings. The van der Waals surface area contributed by atoms with Crippen LogP contribution in [0.5, 0.6) is 0 Å². The number of hydrogen-bond donors (Lipinski definition) is 1. The van der Waals surface area contributed by atoms with Crippen molar-refractivity contribution in [3.63, 3.8) is 0 Å². The first-order valence-electron chi connectivity index (χ1n) is 9.16. The molecule has 0 radical (unpaired) electrons. The summed E-state index contributed by atoms with van der Waals surface area (Å²) in [6.45, 7) is 3.82. The second kappa shape index (κ2) is 7.06. The molecular formula is C19H18BrN7S. The smallest absolute Gasteiger partial charge is 0.194 e. The zero-order valence-electron chi connectivity index (χ0n) is 15.3. The maximum Gasteiger partial charge on any atom is 0.194 e. The molecule has 9 heteroatoms. The number of allylic oxidation sites excluding steroid dienone is 1. The van der Waals surface area contributed by atoms with E-state index in [9.17, 15) is 0 Å². The summed E-state index contributed by atoms with van der Waals surface area (Å²) in [6, 6.07) is 2.18. The van der Waals surface area contributed by atoms with Crippen molar-refractivity contribution in [2.24, 2.45) is 5.73 Å². The van der Waals surface area contributed by atoms with Crippen LogP contribution in [-0.2, 0) is 6.42 Å². The molecule has 7 nitrogen and oxygen atoms in total. The van der Waals surface area contributed by atoms with Crippen molar-refractivity contribution >= 4 is 49.2 Å². The monoisotopic (exact) mass is 455 g/mol. The summed E-state index contributed by atoms with van der Waals surface area (Å²) in [6.07, 6.45) is 6.96. The molecule has 2 aliphatic rings. The lowest BCUT2D eigenvalue weighted by Crippen LogP contribution is -2.56. The van der Waals surface area contributed by atoms with Crippen molar-refractivity contribution in [2.75, 3.05) is 18.0 Å². The van der Waals surface area contributed by atoms with Gasteiger partial charge in [0.05, 0.1) is 11.3 Å². The first-order chi connectivity index (χ1) is 13.6. The van der Waals surface area contributed by atoms with Gasteiger partial charge in [-0.15, -0.1) is 0 Å². The highest BCUT2D eigenvalue weighted by molar-refractivity contribution is 9.15. The molecule has 0 spiro atoms. The van der Waals surface area contributed by atoms with Gasteiger partial charge in [-0.3, -0.25) is 4.98 Å². The molecular weight excluding hydrogens is 438 g/mol. The summed E-state index contributed by atoms with van der Waals surface area (Å²) in [5.74, 6) is 0.970. The second-order valence-corrected chi connectivity index (χ2v) is 8.77. The number of rotatable bonds is 4. The summed E-state index contributed by atoms with van der Waals surface area (Å²) < 4.78 is 1.14. The van der Waals surface area contributed by atoms with E-state index in [1.807, 2.05) is 6.07 Å². The fourth-order valence-corrected chi connectivity index (χ4v) is 5.12. The highest BCUT2D eigenvalue weighted by atomic mass is 79.9. The number of halogens is 1. The Morgan fingerprint density at radius 2 is 2.04 bits per heavy atom. The molecule has 142 valence electrons. The van der Waals surface area contributed by atoms with Crippen LogP contribution in [0.25, 0.3) is 15.6 Å². The first-order valence-corrected chi connectivity index (χ1v) is 10.8. The van der Waals surface area contributed by atoms with E-state index in [0.717, 1.165) is 63.1 Å². The molecule has 1 aliphatic heterocycles. The van der Waals surface area contributed by atoms with Crippen molar-refractivity contribution in [2.45, 2.75) is 35.9 Å². The quantitative estimate of drug-likeness (QED) is 0.599. The molecule has 1 fully saturated rings. The predicted octanol–water partition coefficient (Wildman–Crippen LogP) is 3.19. The predicted molar refractivity (Wildman–Crippen MR) is 114 cm³/mol. The van der Waals surface area contributed by atoms with E-state index < -0.39 is 0 Å². The maximum atomic E-state index is 6.02. The molecule has 2 N–H and O–H groups in total. The summed E-state index contributed by atoms with van der Waals surface area (Å²) >= 11 is 5.28. The number of nitrogens with zero attached hydrogens (tertiary/aromatic N) is 6. The van der Waals surface area contributed by atoms with Gasteiger partial charge in [0.2, 0.25) is 0 Å². The third kappa shape index (κ3) is 3.07. The number of pyridine rings is 1. The Morgan fingerprint density at radius 1 is 1.21 bits per heavy atom. The maximum absolute atomic E-state index is 6.02. The van der Waals surface area contributed by atoms with Crippen LogP contribution in [-0.4, -0.2) is 44.1 Å². The molecule has 0 aromatic carbocycles. The van der Waals surface area contributed by atoms with E-state index in [4.69, 9.17) is 15.7 Å². The minimum Gasteiger partial charge on any atom is -0.353 e. The van der Waals surface area contributed by atoms with Gasteiger partial charge in [0.15, 0.2) is 10.8 Å². The van der Waals surface area contributed by atoms with Crippen LogP contribution in [0, 0.1) is 0 Å². The second-order valence-electron chi connectivity index (χ2n) is 6.94. The van der Waals surface area contributed by atoms with Crippen LogP contribution in [0.1, 0.15) is 24.6 Å². The molecule has 0 unspecified atom stereocenters. The van der Waals surface area contributed by atoms with Gasteiger partial charge in [-0.25, -0.2) is 19.9 Å². The SMILES string of the molecule is CCC1=C(Br)c2c(nc(Sc3cnc4nccnc4c3)nc2N2CC(N)C2)C1. The third-order valence-electron chi connectivity index (χ3n) is 5.00. The summed E-state index contributed by atoms with van der Waals surface area (Å²) in [5.41, 5.74) is 11.0. The number of nitrogens with two attached hydrogens (primary N) is 1. The van der Waals surface area contributed by atoms with Crippen LogP contribution in [0.2, 0.25) is 0 Å². The largest absolute Gasteiger partial charge is 0.353 e. The Hall–Kier alpha value is -2.10. The van der Waals surface area contributed by atoms with Gasteiger partial charge < -0.3 is 10.6 Å². The Labute approximate surface area is 175 Å². The number of aromatic nitrogens is 5. The van der Waals surface area contributed by atoms with Crippen LogP contribution >= 0.6 is 27.7 Å². The average Bonchev–Trinajstić information content (AvgIpc) is 3.00. The molecule has 0 amide bonds. The molecule has 0 bridgehead atoms. The van der Waals surface area contributed by atoms with E-state index in [1.165, 1.54) is 17.3 Å². The molecule has 1 aliphatic carbocycles. The molecule has 28 heavy (non-hydrogen) atoms. The van der Waals surface area contributed by atoms with Gasteiger partial charge in [-0.1, -0.05) is 22.9 Å². The van der Waals surface area contributed by atoms with E-state index in [0.29, 0.717) is 5.65 Å². The number of anilines is 1. The van der Waals surface area contributed by atoms with Crippen LogP contribution < -0.4 is 10.6 Å². The van der Waals surface area contributed by atoms with Crippen molar-refractivity contribution in [3.05, 3.63) is 41.5 Å². The van der Waals surface area contributed by atoms with E-state index in [1.54, 1.807) is 18.6 Å². The van der Waals surface area contributed by atoms with Crippen molar-refractivity contribution < 1.29 is 0 Å². The van der Waals surface area contributed by atoms with Crippen molar-refractivity contribution in [1.82, 2.24) is 24.9 Å². The van der Waals surface area contributed by atoms with E-state index in [2.05, 4.69) is 42.7 Å². The van der Waals surface area contributed by atoms with Crippen molar-refractivity contribution in [1.29, 1.82) is 0 Å². The molecule has 3 aromatic heterocycles.